The Morgan fingerprint density at radius 2 is 1.84 bits per heavy atom. The lowest BCUT2D eigenvalue weighted by atomic mass is 10.1. The van der Waals surface area contributed by atoms with Crippen LogP contribution in [0.5, 0.6) is 0 Å². The zero-order valence-electron chi connectivity index (χ0n) is 11.5. The van der Waals surface area contributed by atoms with E-state index in [0.29, 0.717) is 6.42 Å². The fourth-order valence-electron chi connectivity index (χ4n) is 1.50. The first-order chi connectivity index (χ1) is 8.93. The van der Waals surface area contributed by atoms with E-state index in [-0.39, 0.29) is 11.8 Å². The van der Waals surface area contributed by atoms with Crippen molar-refractivity contribution in [3.63, 3.8) is 0 Å². The summed E-state index contributed by atoms with van der Waals surface area (Å²) in [6.45, 7) is 3.66. The summed E-state index contributed by atoms with van der Waals surface area (Å²) in [5.41, 5.74) is 7.32. The van der Waals surface area contributed by atoms with Crippen molar-refractivity contribution in [2.24, 2.45) is 11.7 Å². The monoisotopic (exact) mass is 264 g/mol. The molecule has 1 atom stereocenters. The van der Waals surface area contributed by atoms with Crippen molar-refractivity contribution in [3.8, 4) is 0 Å². The molecule has 1 rings (SSSR count). The number of ether oxygens (including phenoxy) is 1. The molecule has 0 aromatic heterocycles. The Kier molecular flexibility index (Phi) is 5.51. The zero-order chi connectivity index (χ0) is 14.4. The molecule has 0 unspecified atom stereocenters. The van der Waals surface area contributed by atoms with Gasteiger partial charge in [-0.3, -0.25) is 9.59 Å². The van der Waals surface area contributed by atoms with Gasteiger partial charge in [0.15, 0.2) is 0 Å². The van der Waals surface area contributed by atoms with Gasteiger partial charge in [0.25, 0.3) is 0 Å². The average Bonchev–Trinajstić information content (AvgIpc) is 2.39. The van der Waals surface area contributed by atoms with E-state index in [9.17, 15) is 9.59 Å². The standard InChI is InChI=1S/C14H20N2O3/c1-9(2)13(17)16-11-6-4-10(5-7-11)8-12(15)14(18)19-3/h4-7,9,12H,8,15H2,1-3H3,(H,16,17)/t12-/m0/s1. The van der Waals surface area contributed by atoms with E-state index >= 15 is 0 Å². The average molecular weight is 264 g/mol. The molecule has 1 aromatic carbocycles. The van der Waals surface area contributed by atoms with Crippen LogP contribution >= 0.6 is 0 Å². The fraction of sp³-hybridized carbons (Fsp3) is 0.429. The number of nitrogens with one attached hydrogen (secondary N) is 1. The first kappa shape index (κ1) is 15.2. The van der Waals surface area contributed by atoms with E-state index < -0.39 is 12.0 Å². The Morgan fingerprint density at radius 3 is 2.32 bits per heavy atom. The van der Waals surface area contributed by atoms with Crippen LogP contribution in [0.3, 0.4) is 0 Å². The zero-order valence-corrected chi connectivity index (χ0v) is 11.5. The van der Waals surface area contributed by atoms with Gasteiger partial charge in [0.2, 0.25) is 5.91 Å². The van der Waals surface area contributed by atoms with Crippen molar-refractivity contribution in [3.05, 3.63) is 29.8 Å². The van der Waals surface area contributed by atoms with Crippen LogP contribution in [-0.2, 0) is 20.7 Å². The van der Waals surface area contributed by atoms with E-state index in [1.807, 2.05) is 26.0 Å². The fourth-order valence-corrected chi connectivity index (χ4v) is 1.50. The SMILES string of the molecule is COC(=O)[C@@H](N)Cc1ccc(NC(=O)C(C)C)cc1. The maximum Gasteiger partial charge on any atom is 0.322 e. The number of hydrogen-bond acceptors (Lipinski definition) is 4. The number of anilines is 1. The van der Waals surface area contributed by atoms with Crippen molar-refractivity contribution in [1.82, 2.24) is 0 Å². The highest BCUT2D eigenvalue weighted by atomic mass is 16.5. The minimum Gasteiger partial charge on any atom is -0.468 e. The lowest BCUT2D eigenvalue weighted by Gasteiger charge is -2.11. The molecule has 1 aromatic rings. The summed E-state index contributed by atoms with van der Waals surface area (Å²) in [6.07, 6.45) is 0.408. The van der Waals surface area contributed by atoms with Gasteiger partial charge in [-0.25, -0.2) is 0 Å². The van der Waals surface area contributed by atoms with Crippen molar-refractivity contribution < 1.29 is 14.3 Å². The number of nitrogens with two attached hydrogens (primary N) is 1. The Morgan fingerprint density at radius 1 is 1.26 bits per heavy atom. The Hall–Kier alpha value is -1.88. The molecule has 0 bridgehead atoms. The normalized spacial score (nSPS) is 12.1. The van der Waals surface area contributed by atoms with E-state index in [1.165, 1.54) is 7.11 Å². The van der Waals surface area contributed by atoms with Gasteiger partial charge in [0, 0.05) is 11.6 Å². The third kappa shape index (κ3) is 4.71. The van der Waals surface area contributed by atoms with Crippen LogP contribution < -0.4 is 11.1 Å². The molecular formula is C14H20N2O3. The van der Waals surface area contributed by atoms with Crippen LogP contribution in [0.4, 0.5) is 5.69 Å². The van der Waals surface area contributed by atoms with Crippen molar-refractivity contribution >= 4 is 17.6 Å². The number of esters is 1. The van der Waals surface area contributed by atoms with Crippen molar-refractivity contribution in [2.75, 3.05) is 12.4 Å². The highest BCUT2D eigenvalue weighted by molar-refractivity contribution is 5.92. The van der Waals surface area contributed by atoms with Gasteiger partial charge in [-0.1, -0.05) is 26.0 Å². The molecule has 0 saturated heterocycles. The number of carbonyl (C=O) groups excluding carboxylic acids is 2. The first-order valence-electron chi connectivity index (χ1n) is 6.17. The lowest BCUT2D eigenvalue weighted by Crippen LogP contribution is -2.33. The maximum atomic E-state index is 11.5. The molecule has 0 saturated carbocycles. The van der Waals surface area contributed by atoms with E-state index in [2.05, 4.69) is 10.1 Å². The van der Waals surface area contributed by atoms with Gasteiger partial charge in [0.05, 0.1) is 7.11 Å². The van der Waals surface area contributed by atoms with Gasteiger partial charge < -0.3 is 15.8 Å². The molecule has 5 nitrogen and oxygen atoms in total. The Balaban J connectivity index is 2.61. The first-order valence-corrected chi connectivity index (χ1v) is 6.17. The molecule has 0 fully saturated rings. The summed E-state index contributed by atoms with van der Waals surface area (Å²) in [4.78, 5) is 22.7. The second kappa shape index (κ2) is 6.89. The van der Waals surface area contributed by atoms with Crippen LogP contribution in [0.1, 0.15) is 19.4 Å². The summed E-state index contributed by atoms with van der Waals surface area (Å²) >= 11 is 0. The molecule has 0 aliphatic heterocycles. The lowest BCUT2D eigenvalue weighted by molar-refractivity contribution is -0.142. The van der Waals surface area contributed by atoms with E-state index in [4.69, 9.17) is 5.73 Å². The summed E-state index contributed by atoms with van der Waals surface area (Å²) in [5, 5.41) is 2.79. The quantitative estimate of drug-likeness (QED) is 0.786. The van der Waals surface area contributed by atoms with Gasteiger partial charge in [-0.2, -0.15) is 0 Å². The van der Waals surface area contributed by atoms with Gasteiger partial charge >= 0.3 is 5.97 Å². The van der Waals surface area contributed by atoms with Crippen LogP contribution in [-0.4, -0.2) is 25.0 Å². The molecule has 0 spiro atoms. The van der Waals surface area contributed by atoms with Crippen LogP contribution in [0.15, 0.2) is 24.3 Å². The Labute approximate surface area is 113 Å². The van der Waals surface area contributed by atoms with Crippen molar-refractivity contribution in [2.45, 2.75) is 26.3 Å². The highest BCUT2D eigenvalue weighted by Crippen LogP contribution is 2.12. The number of amides is 1. The molecule has 0 radical (unpaired) electrons. The molecule has 1 amide bonds. The van der Waals surface area contributed by atoms with Gasteiger partial charge in [-0.15, -0.1) is 0 Å². The maximum absolute atomic E-state index is 11.5. The van der Waals surface area contributed by atoms with E-state index in [0.717, 1.165) is 11.3 Å². The third-order valence-corrected chi connectivity index (χ3v) is 2.71. The molecular weight excluding hydrogens is 244 g/mol. The minimum absolute atomic E-state index is 0.0287. The van der Waals surface area contributed by atoms with Gasteiger partial charge in [0.1, 0.15) is 6.04 Å². The second-order valence-corrected chi connectivity index (χ2v) is 4.67. The molecule has 5 heteroatoms. The summed E-state index contributed by atoms with van der Waals surface area (Å²) in [7, 11) is 1.31. The van der Waals surface area contributed by atoms with Crippen LogP contribution in [0.25, 0.3) is 0 Å². The molecule has 19 heavy (non-hydrogen) atoms. The molecule has 3 N–H and O–H groups in total. The summed E-state index contributed by atoms with van der Waals surface area (Å²) < 4.78 is 4.57. The molecule has 0 aliphatic rings. The van der Waals surface area contributed by atoms with Crippen LogP contribution in [0.2, 0.25) is 0 Å². The number of hydrogen-bond donors (Lipinski definition) is 2. The Bertz CT molecular complexity index is 441. The second-order valence-electron chi connectivity index (χ2n) is 4.67. The number of carbonyl (C=O) groups is 2. The van der Waals surface area contributed by atoms with E-state index in [1.54, 1.807) is 12.1 Å². The molecule has 0 heterocycles. The van der Waals surface area contributed by atoms with Crippen molar-refractivity contribution in [1.29, 1.82) is 0 Å². The highest BCUT2D eigenvalue weighted by Gasteiger charge is 2.14. The predicted octanol–water partition coefficient (Wildman–Crippen LogP) is 1.32. The molecule has 104 valence electrons. The molecule has 0 aliphatic carbocycles. The third-order valence-electron chi connectivity index (χ3n) is 2.71. The minimum atomic E-state index is -0.666. The number of benzene rings is 1. The number of rotatable bonds is 5. The smallest absolute Gasteiger partial charge is 0.322 e. The van der Waals surface area contributed by atoms with Crippen LogP contribution in [0, 0.1) is 5.92 Å². The predicted molar refractivity (Wildman–Crippen MR) is 73.6 cm³/mol. The topological polar surface area (TPSA) is 81.4 Å². The van der Waals surface area contributed by atoms with Gasteiger partial charge in [-0.05, 0) is 24.1 Å². The number of methoxy groups -OCH3 is 1. The largest absolute Gasteiger partial charge is 0.468 e. The summed E-state index contributed by atoms with van der Waals surface area (Å²) in [5.74, 6) is -0.524. The summed E-state index contributed by atoms with van der Waals surface area (Å²) in [6, 6.07) is 6.58.